The Kier molecular flexibility index (Phi) is 3.54. The number of carboxylic acid groups (broad SMARTS) is 1. The van der Waals surface area contributed by atoms with Crippen molar-refractivity contribution >= 4 is 39.3 Å². The van der Waals surface area contributed by atoms with Gasteiger partial charge in [-0.15, -0.1) is 0 Å². The predicted octanol–water partition coefficient (Wildman–Crippen LogP) is 4.72. The van der Waals surface area contributed by atoms with E-state index in [0.29, 0.717) is 27.8 Å². The fraction of sp³-hybridized carbons (Fsp3) is 0.158. The van der Waals surface area contributed by atoms with Crippen molar-refractivity contribution in [3.8, 4) is 17.0 Å². The quantitative estimate of drug-likeness (QED) is 0.530. The highest BCUT2D eigenvalue weighted by Crippen LogP contribution is 2.53. The van der Waals surface area contributed by atoms with E-state index in [2.05, 4.69) is 31.4 Å². The molecule has 0 unspecified atom stereocenters. The summed E-state index contributed by atoms with van der Waals surface area (Å²) < 4.78 is 7.05. The average Bonchev–Trinajstić information content (AvgIpc) is 3.07. The third-order valence-electron chi connectivity index (χ3n) is 5.08. The van der Waals surface area contributed by atoms with Gasteiger partial charge < -0.3 is 15.2 Å². The van der Waals surface area contributed by atoms with Crippen LogP contribution in [0.25, 0.3) is 11.3 Å². The van der Waals surface area contributed by atoms with Crippen molar-refractivity contribution < 1.29 is 14.6 Å². The first kappa shape index (κ1) is 16.6. The molecule has 6 nitrogen and oxygen atoms in total. The van der Waals surface area contributed by atoms with Crippen molar-refractivity contribution in [2.24, 2.45) is 0 Å². The highest BCUT2D eigenvalue weighted by molar-refractivity contribution is 9.10. The Bertz CT molecular complexity index is 1080. The molecular formula is C19H13BrClN3O3. The van der Waals surface area contributed by atoms with Gasteiger partial charge in [0.25, 0.3) is 0 Å². The van der Waals surface area contributed by atoms with Crippen LogP contribution in [0.1, 0.15) is 23.6 Å². The summed E-state index contributed by atoms with van der Waals surface area (Å²) in [6, 6.07) is 12.6. The zero-order chi connectivity index (χ0) is 18.8. The van der Waals surface area contributed by atoms with Gasteiger partial charge in [-0.05, 0) is 30.3 Å². The molecule has 0 saturated heterocycles. The smallest absolute Gasteiger partial charge is 0.353 e. The maximum Gasteiger partial charge on any atom is 0.353 e. The number of anilines is 1. The number of nitrogens with zero attached hydrogens (tertiary/aromatic N) is 1. The van der Waals surface area contributed by atoms with Crippen LogP contribution in [0.5, 0.6) is 5.75 Å². The molecule has 0 aliphatic carbocycles. The number of H-pyrrole nitrogens is 1. The molecule has 0 spiro atoms. The molecule has 3 N–H and O–H groups in total. The third-order valence-corrected chi connectivity index (χ3v) is 5.85. The number of carbonyl (C=O) groups is 1. The molecule has 3 aromatic rings. The number of rotatable bonds is 2. The van der Waals surface area contributed by atoms with Gasteiger partial charge in [0.2, 0.25) is 5.60 Å². The SMILES string of the molecule is O=C(O)[C@@]12C[C@@H](Nc3n[nH]c(-c4ccc(Br)cc4)c31)c1cc(Cl)ccc1O2. The first-order chi connectivity index (χ1) is 13.0. The van der Waals surface area contributed by atoms with Crippen LogP contribution >= 0.6 is 27.5 Å². The number of aromatic nitrogens is 2. The lowest BCUT2D eigenvalue weighted by atomic mass is 9.78. The molecule has 1 aromatic heterocycles. The van der Waals surface area contributed by atoms with E-state index in [-0.39, 0.29) is 12.5 Å². The average molecular weight is 447 g/mol. The molecule has 2 aromatic carbocycles. The zero-order valence-corrected chi connectivity index (χ0v) is 16.1. The molecule has 2 aliphatic rings. The lowest BCUT2D eigenvalue weighted by molar-refractivity contribution is -0.159. The minimum atomic E-state index is -1.53. The summed E-state index contributed by atoms with van der Waals surface area (Å²) >= 11 is 9.54. The van der Waals surface area contributed by atoms with Crippen LogP contribution in [-0.4, -0.2) is 21.3 Å². The number of nitrogens with one attached hydrogen (secondary N) is 2. The van der Waals surface area contributed by atoms with E-state index in [9.17, 15) is 9.90 Å². The number of carboxylic acids is 1. The molecule has 8 heteroatoms. The molecule has 5 rings (SSSR count). The number of fused-ring (bicyclic) bond motifs is 6. The summed E-state index contributed by atoms with van der Waals surface area (Å²) in [5.41, 5.74) is 1.27. The van der Waals surface area contributed by atoms with Crippen molar-refractivity contribution in [2.75, 3.05) is 5.32 Å². The van der Waals surface area contributed by atoms with E-state index in [1.165, 1.54) is 0 Å². The molecule has 0 saturated carbocycles. The van der Waals surface area contributed by atoms with E-state index < -0.39 is 11.6 Å². The second kappa shape index (κ2) is 5.74. The van der Waals surface area contributed by atoms with E-state index in [1.54, 1.807) is 18.2 Å². The molecule has 0 radical (unpaired) electrons. The van der Waals surface area contributed by atoms with Gasteiger partial charge in [0.05, 0.1) is 17.3 Å². The standard InChI is InChI=1S/C19H13BrClN3O3/c20-10-3-1-9(2-4-10)16-15-17(24-23-16)22-13-8-19(15,18(25)26)27-14-6-5-11(21)7-12(13)14/h1-7,13H,8H2,(H,25,26)(H2,22,23,24)/t13-,19-/m1/s1. The van der Waals surface area contributed by atoms with Crippen LogP contribution in [0.2, 0.25) is 5.02 Å². The molecule has 27 heavy (non-hydrogen) atoms. The Morgan fingerprint density at radius 3 is 2.81 bits per heavy atom. The number of aliphatic carboxylic acids is 1. The Balaban J connectivity index is 1.72. The molecule has 3 heterocycles. The van der Waals surface area contributed by atoms with Crippen LogP contribution in [0.15, 0.2) is 46.9 Å². The number of hydrogen-bond acceptors (Lipinski definition) is 4. The van der Waals surface area contributed by atoms with Gasteiger partial charge in [0.15, 0.2) is 5.82 Å². The number of aromatic amines is 1. The maximum absolute atomic E-state index is 12.4. The lowest BCUT2D eigenvalue weighted by Crippen LogP contribution is -2.49. The second-order valence-corrected chi connectivity index (χ2v) is 8.00. The molecule has 2 atom stereocenters. The number of halogens is 2. The number of benzene rings is 2. The summed E-state index contributed by atoms with van der Waals surface area (Å²) in [5, 5.41) is 21.4. The summed E-state index contributed by atoms with van der Waals surface area (Å²) in [5.74, 6) is -0.0491. The first-order valence-electron chi connectivity index (χ1n) is 8.31. The van der Waals surface area contributed by atoms with E-state index in [0.717, 1.165) is 15.6 Å². The van der Waals surface area contributed by atoms with Gasteiger partial charge in [-0.25, -0.2) is 4.79 Å². The Hall–Kier alpha value is -2.51. The molecule has 2 aliphatic heterocycles. The van der Waals surface area contributed by atoms with Gasteiger partial charge in [-0.3, -0.25) is 5.10 Å². The minimum absolute atomic E-state index is 0.242. The van der Waals surface area contributed by atoms with Crippen LogP contribution in [0, 0.1) is 0 Å². The summed E-state index contributed by atoms with van der Waals surface area (Å²) in [6.07, 6.45) is 0.242. The van der Waals surface area contributed by atoms with Crippen molar-refractivity contribution in [3.05, 3.63) is 63.1 Å². The fourth-order valence-electron chi connectivity index (χ4n) is 3.86. The zero-order valence-electron chi connectivity index (χ0n) is 13.8. The highest BCUT2D eigenvalue weighted by atomic mass is 79.9. The molecular weight excluding hydrogens is 434 g/mol. The molecule has 0 fully saturated rings. The number of hydrogen-bond donors (Lipinski definition) is 3. The van der Waals surface area contributed by atoms with Crippen molar-refractivity contribution in [1.82, 2.24) is 10.2 Å². The first-order valence-corrected chi connectivity index (χ1v) is 9.48. The molecule has 2 bridgehead atoms. The van der Waals surface area contributed by atoms with E-state index >= 15 is 0 Å². The predicted molar refractivity (Wildman–Crippen MR) is 104 cm³/mol. The van der Waals surface area contributed by atoms with Crippen molar-refractivity contribution in [3.63, 3.8) is 0 Å². The van der Waals surface area contributed by atoms with Gasteiger partial charge >= 0.3 is 5.97 Å². The van der Waals surface area contributed by atoms with Crippen LogP contribution in [0.4, 0.5) is 5.82 Å². The topological polar surface area (TPSA) is 87.2 Å². The Morgan fingerprint density at radius 2 is 2.07 bits per heavy atom. The van der Waals surface area contributed by atoms with Gasteiger partial charge in [-0.1, -0.05) is 39.7 Å². The monoisotopic (exact) mass is 445 g/mol. The number of ether oxygens (including phenoxy) is 1. The van der Waals surface area contributed by atoms with Gasteiger partial charge in [0, 0.05) is 27.0 Å². The Morgan fingerprint density at radius 1 is 1.30 bits per heavy atom. The third kappa shape index (κ3) is 2.38. The summed E-state index contributed by atoms with van der Waals surface area (Å²) in [7, 11) is 0. The van der Waals surface area contributed by atoms with E-state index in [1.807, 2.05) is 24.3 Å². The second-order valence-electron chi connectivity index (χ2n) is 6.65. The van der Waals surface area contributed by atoms with Gasteiger partial charge in [0.1, 0.15) is 5.75 Å². The van der Waals surface area contributed by atoms with Gasteiger partial charge in [-0.2, -0.15) is 5.10 Å². The fourth-order valence-corrected chi connectivity index (χ4v) is 4.31. The van der Waals surface area contributed by atoms with Crippen molar-refractivity contribution in [1.29, 1.82) is 0 Å². The molecule has 136 valence electrons. The Labute approximate surface area is 167 Å². The largest absolute Gasteiger partial charge is 0.478 e. The summed E-state index contributed by atoms with van der Waals surface area (Å²) in [6.45, 7) is 0. The molecule has 0 amide bonds. The van der Waals surface area contributed by atoms with Crippen LogP contribution in [-0.2, 0) is 10.4 Å². The minimum Gasteiger partial charge on any atom is -0.478 e. The van der Waals surface area contributed by atoms with E-state index in [4.69, 9.17) is 16.3 Å². The normalized spacial score (nSPS) is 22.2. The maximum atomic E-state index is 12.4. The lowest BCUT2D eigenvalue weighted by Gasteiger charge is -2.43. The van der Waals surface area contributed by atoms with Crippen LogP contribution < -0.4 is 10.1 Å². The highest BCUT2D eigenvalue weighted by Gasteiger charge is 2.55. The van der Waals surface area contributed by atoms with Crippen LogP contribution in [0.3, 0.4) is 0 Å². The summed E-state index contributed by atoms with van der Waals surface area (Å²) in [4.78, 5) is 12.4. The van der Waals surface area contributed by atoms with Crippen molar-refractivity contribution in [2.45, 2.75) is 18.1 Å².